The van der Waals surface area contributed by atoms with Crippen LogP contribution >= 0.6 is 11.6 Å². The fraction of sp³-hybridized carbons (Fsp3) is 0.118. The van der Waals surface area contributed by atoms with E-state index >= 15 is 0 Å². The maximum Gasteiger partial charge on any atom is 0.128 e. The van der Waals surface area contributed by atoms with Crippen molar-refractivity contribution in [1.82, 2.24) is 4.98 Å². The maximum absolute atomic E-state index is 13.8. The molecule has 0 atom stereocenters. The minimum absolute atomic E-state index is 0.215. The molecule has 0 aliphatic rings. The molecular weight excluding hydrogens is 287 g/mol. The number of nitrogens with zero attached hydrogens (tertiary/aromatic N) is 1. The van der Waals surface area contributed by atoms with E-state index in [1.165, 1.54) is 6.07 Å². The van der Waals surface area contributed by atoms with E-state index in [4.69, 9.17) is 11.6 Å². The summed E-state index contributed by atoms with van der Waals surface area (Å²) in [7, 11) is 0. The minimum Gasteiger partial charge on any atom is -0.379 e. The number of aryl methyl sites for hydroxylation is 1. The summed E-state index contributed by atoms with van der Waals surface area (Å²) in [6.07, 6.45) is 1.73. The Morgan fingerprint density at radius 2 is 2.05 bits per heavy atom. The van der Waals surface area contributed by atoms with E-state index in [-0.39, 0.29) is 5.82 Å². The second kappa shape index (κ2) is 5.70. The van der Waals surface area contributed by atoms with E-state index in [2.05, 4.69) is 10.3 Å². The summed E-state index contributed by atoms with van der Waals surface area (Å²) in [4.78, 5) is 4.36. The molecule has 0 bridgehead atoms. The summed E-state index contributed by atoms with van der Waals surface area (Å²) in [6, 6.07) is 12.6. The van der Waals surface area contributed by atoms with Gasteiger partial charge < -0.3 is 5.32 Å². The minimum atomic E-state index is -0.215. The number of fused-ring (bicyclic) bond motifs is 1. The Morgan fingerprint density at radius 1 is 1.19 bits per heavy atom. The molecule has 3 rings (SSSR count). The van der Waals surface area contributed by atoms with Crippen LogP contribution in [0.25, 0.3) is 10.9 Å². The largest absolute Gasteiger partial charge is 0.379 e. The van der Waals surface area contributed by atoms with Gasteiger partial charge in [-0.1, -0.05) is 35.4 Å². The second-order valence-electron chi connectivity index (χ2n) is 4.98. The molecule has 0 saturated carbocycles. The number of halogens is 2. The number of rotatable bonds is 3. The molecule has 4 heteroatoms. The highest BCUT2D eigenvalue weighted by molar-refractivity contribution is 6.31. The lowest BCUT2D eigenvalue weighted by Gasteiger charge is -2.11. The van der Waals surface area contributed by atoms with Crippen LogP contribution in [0.1, 0.15) is 11.1 Å². The first-order valence-corrected chi connectivity index (χ1v) is 7.04. The molecule has 0 aliphatic carbocycles. The average Bonchev–Trinajstić information content (AvgIpc) is 2.47. The van der Waals surface area contributed by atoms with E-state index in [0.29, 0.717) is 17.1 Å². The standard InChI is InChI=1S/C17H14ClFN2/c1-11-4-5-15(19)13(7-11)10-21-16-9-14(18)8-12-3-2-6-20-17(12)16/h2-9,21H,10H2,1H3. The number of benzene rings is 2. The monoisotopic (exact) mass is 300 g/mol. The zero-order valence-electron chi connectivity index (χ0n) is 11.5. The number of hydrogen-bond acceptors (Lipinski definition) is 2. The zero-order chi connectivity index (χ0) is 14.8. The van der Waals surface area contributed by atoms with Crippen LogP contribution in [0.4, 0.5) is 10.1 Å². The highest BCUT2D eigenvalue weighted by Crippen LogP contribution is 2.26. The molecule has 2 aromatic carbocycles. The Bertz CT molecular complexity index is 802. The van der Waals surface area contributed by atoms with Crippen molar-refractivity contribution in [1.29, 1.82) is 0 Å². The molecule has 0 saturated heterocycles. The van der Waals surface area contributed by atoms with E-state index in [0.717, 1.165) is 22.2 Å². The van der Waals surface area contributed by atoms with E-state index in [1.54, 1.807) is 12.3 Å². The van der Waals surface area contributed by atoms with Gasteiger partial charge in [0, 0.05) is 28.7 Å². The van der Waals surface area contributed by atoms with E-state index in [1.807, 2.05) is 37.3 Å². The lowest BCUT2D eigenvalue weighted by Crippen LogP contribution is -2.03. The van der Waals surface area contributed by atoms with Crippen molar-refractivity contribution in [3.63, 3.8) is 0 Å². The van der Waals surface area contributed by atoms with Crippen LogP contribution in [0.5, 0.6) is 0 Å². The summed E-state index contributed by atoms with van der Waals surface area (Å²) >= 11 is 6.12. The first-order valence-electron chi connectivity index (χ1n) is 6.66. The topological polar surface area (TPSA) is 24.9 Å². The molecule has 0 unspecified atom stereocenters. The van der Waals surface area contributed by atoms with Gasteiger partial charge in [0.25, 0.3) is 0 Å². The molecule has 1 N–H and O–H groups in total. The van der Waals surface area contributed by atoms with Crippen molar-refractivity contribution in [2.45, 2.75) is 13.5 Å². The van der Waals surface area contributed by atoms with Crippen molar-refractivity contribution in [3.05, 3.63) is 70.6 Å². The molecule has 0 fully saturated rings. The van der Waals surface area contributed by atoms with Crippen LogP contribution in [0.15, 0.2) is 48.7 Å². The van der Waals surface area contributed by atoms with Crippen LogP contribution in [0, 0.1) is 12.7 Å². The number of anilines is 1. The van der Waals surface area contributed by atoms with Gasteiger partial charge in [0.15, 0.2) is 0 Å². The van der Waals surface area contributed by atoms with Gasteiger partial charge in [-0.05, 0) is 31.2 Å². The summed E-state index contributed by atoms with van der Waals surface area (Å²) in [6.45, 7) is 2.33. The van der Waals surface area contributed by atoms with Crippen molar-refractivity contribution in [2.24, 2.45) is 0 Å². The summed E-state index contributed by atoms with van der Waals surface area (Å²) < 4.78 is 13.8. The lowest BCUT2D eigenvalue weighted by molar-refractivity contribution is 0.612. The summed E-state index contributed by atoms with van der Waals surface area (Å²) in [5.74, 6) is -0.215. The van der Waals surface area contributed by atoms with Crippen molar-refractivity contribution >= 4 is 28.2 Å². The van der Waals surface area contributed by atoms with Gasteiger partial charge in [0.05, 0.1) is 11.2 Å². The number of aromatic nitrogens is 1. The maximum atomic E-state index is 13.8. The smallest absolute Gasteiger partial charge is 0.128 e. The van der Waals surface area contributed by atoms with Crippen LogP contribution < -0.4 is 5.32 Å². The number of pyridine rings is 1. The first-order chi connectivity index (χ1) is 10.1. The van der Waals surface area contributed by atoms with E-state index < -0.39 is 0 Å². The Morgan fingerprint density at radius 3 is 2.90 bits per heavy atom. The molecule has 1 heterocycles. The van der Waals surface area contributed by atoms with Gasteiger partial charge in [-0.2, -0.15) is 0 Å². The molecule has 0 spiro atoms. The van der Waals surface area contributed by atoms with Crippen LogP contribution in [0.3, 0.4) is 0 Å². The predicted octanol–water partition coefficient (Wildman–Crippen LogP) is 4.95. The van der Waals surface area contributed by atoms with Crippen molar-refractivity contribution in [2.75, 3.05) is 5.32 Å². The first kappa shape index (κ1) is 13.8. The van der Waals surface area contributed by atoms with Gasteiger partial charge in [-0.15, -0.1) is 0 Å². The molecule has 21 heavy (non-hydrogen) atoms. The molecular formula is C17H14ClFN2. The van der Waals surface area contributed by atoms with Crippen LogP contribution in [0.2, 0.25) is 5.02 Å². The third-order valence-electron chi connectivity index (χ3n) is 3.34. The molecule has 0 radical (unpaired) electrons. The molecule has 3 aromatic rings. The number of nitrogens with one attached hydrogen (secondary N) is 1. The zero-order valence-corrected chi connectivity index (χ0v) is 12.3. The van der Waals surface area contributed by atoms with Gasteiger partial charge in [-0.25, -0.2) is 4.39 Å². The highest BCUT2D eigenvalue weighted by Gasteiger charge is 2.06. The van der Waals surface area contributed by atoms with Crippen molar-refractivity contribution < 1.29 is 4.39 Å². The fourth-order valence-corrected chi connectivity index (χ4v) is 2.55. The second-order valence-corrected chi connectivity index (χ2v) is 5.41. The van der Waals surface area contributed by atoms with Crippen LogP contribution in [-0.4, -0.2) is 4.98 Å². The predicted molar refractivity (Wildman–Crippen MR) is 85.2 cm³/mol. The van der Waals surface area contributed by atoms with E-state index in [9.17, 15) is 4.39 Å². The fourth-order valence-electron chi connectivity index (χ4n) is 2.32. The summed E-state index contributed by atoms with van der Waals surface area (Å²) in [5.41, 5.74) is 3.29. The Labute approximate surface area is 127 Å². The highest BCUT2D eigenvalue weighted by atomic mass is 35.5. The average molecular weight is 301 g/mol. The Balaban J connectivity index is 1.93. The van der Waals surface area contributed by atoms with Gasteiger partial charge in [-0.3, -0.25) is 4.98 Å². The lowest BCUT2D eigenvalue weighted by atomic mass is 10.1. The van der Waals surface area contributed by atoms with Crippen LogP contribution in [-0.2, 0) is 6.54 Å². The quantitative estimate of drug-likeness (QED) is 0.740. The number of hydrogen-bond donors (Lipinski definition) is 1. The Kier molecular flexibility index (Phi) is 3.76. The van der Waals surface area contributed by atoms with Gasteiger partial charge >= 0.3 is 0 Å². The normalized spacial score (nSPS) is 10.8. The molecule has 2 nitrogen and oxygen atoms in total. The van der Waals surface area contributed by atoms with Gasteiger partial charge in [0.2, 0.25) is 0 Å². The molecule has 0 aliphatic heterocycles. The molecule has 106 valence electrons. The van der Waals surface area contributed by atoms with Gasteiger partial charge in [0.1, 0.15) is 5.82 Å². The third-order valence-corrected chi connectivity index (χ3v) is 3.56. The van der Waals surface area contributed by atoms with Crippen molar-refractivity contribution in [3.8, 4) is 0 Å². The Hall–Kier alpha value is -2.13. The molecule has 1 aromatic heterocycles. The summed E-state index contributed by atoms with van der Waals surface area (Å²) in [5, 5.41) is 4.81. The third kappa shape index (κ3) is 2.98. The SMILES string of the molecule is Cc1ccc(F)c(CNc2cc(Cl)cc3cccnc23)c1. The molecule has 0 amide bonds.